The molecule has 2 aliphatic rings. The molecular formula is C19H28Cl2N4. The van der Waals surface area contributed by atoms with E-state index in [2.05, 4.69) is 26.6 Å². The van der Waals surface area contributed by atoms with Crippen LogP contribution >= 0.6 is 23.2 Å². The van der Waals surface area contributed by atoms with Crippen molar-refractivity contribution in [2.24, 2.45) is 10.9 Å². The number of piperidine rings is 1. The monoisotopic (exact) mass is 382 g/mol. The van der Waals surface area contributed by atoms with Crippen LogP contribution in [0.15, 0.2) is 23.2 Å². The highest BCUT2D eigenvalue weighted by molar-refractivity contribution is 6.42. The standard InChI is InChI=1S/C19H28Cl2N4/c1-22-19(23-9-6-14-2-3-14)24-16-7-10-25(11-8-16)13-15-4-5-17(20)18(21)12-15/h4-5,12,14,16H,2-3,6-11,13H2,1H3,(H2,22,23,24). The number of hydrogen-bond donors (Lipinski definition) is 2. The van der Waals surface area contributed by atoms with E-state index in [0.717, 1.165) is 50.9 Å². The van der Waals surface area contributed by atoms with Gasteiger partial charge in [-0.15, -0.1) is 0 Å². The molecule has 0 unspecified atom stereocenters. The molecule has 0 spiro atoms. The molecule has 6 heteroatoms. The van der Waals surface area contributed by atoms with E-state index in [1.165, 1.54) is 24.8 Å². The summed E-state index contributed by atoms with van der Waals surface area (Å²) in [5, 5.41) is 8.28. The summed E-state index contributed by atoms with van der Waals surface area (Å²) >= 11 is 12.1. The average Bonchev–Trinajstić information content (AvgIpc) is 3.43. The molecule has 1 aliphatic carbocycles. The third-order valence-corrected chi connectivity index (χ3v) is 5.82. The maximum absolute atomic E-state index is 6.11. The topological polar surface area (TPSA) is 39.7 Å². The number of benzene rings is 1. The second kappa shape index (κ2) is 9.11. The Morgan fingerprint density at radius 1 is 1.16 bits per heavy atom. The van der Waals surface area contributed by atoms with E-state index >= 15 is 0 Å². The highest BCUT2D eigenvalue weighted by atomic mass is 35.5. The van der Waals surface area contributed by atoms with Gasteiger partial charge in [0.15, 0.2) is 5.96 Å². The van der Waals surface area contributed by atoms with Gasteiger partial charge in [0.1, 0.15) is 0 Å². The molecule has 0 bridgehead atoms. The number of nitrogens with one attached hydrogen (secondary N) is 2. The molecule has 0 atom stereocenters. The fourth-order valence-electron chi connectivity index (χ4n) is 3.32. The number of halogens is 2. The maximum atomic E-state index is 6.11. The highest BCUT2D eigenvalue weighted by Crippen LogP contribution is 2.31. The van der Waals surface area contributed by atoms with Crippen LogP contribution in [0, 0.1) is 5.92 Å². The summed E-state index contributed by atoms with van der Waals surface area (Å²) in [7, 11) is 1.85. The number of aliphatic imine (C=N–C) groups is 1. The third-order valence-electron chi connectivity index (χ3n) is 5.08. The molecule has 1 aromatic rings. The highest BCUT2D eigenvalue weighted by Gasteiger charge is 2.22. The van der Waals surface area contributed by atoms with Gasteiger partial charge in [-0.25, -0.2) is 0 Å². The van der Waals surface area contributed by atoms with Gasteiger partial charge in [-0.05, 0) is 42.9 Å². The maximum Gasteiger partial charge on any atom is 0.191 e. The average molecular weight is 383 g/mol. The van der Waals surface area contributed by atoms with Crippen molar-refractivity contribution in [1.82, 2.24) is 15.5 Å². The van der Waals surface area contributed by atoms with Crippen molar-refractivity contribution in [3.8, 4) is 0 Å². The Balaban J connectivity index is 1.39. The lowest BCUT2D eigenvalue weighted by atomic mass is 10.0. The zero-order valence-corrected chi connectivity index (χ0v) is 16.4. The molecule has 1 saturated heterocycles. The van der Waals surface area contributed by atoms with Crippen molar-refractivity contribution in [2.45, 2.75) is 44.7 Å². The molecule has 0 amide bonds. The summed E-state index contributed by atoms with van der Waals surface area (Å²) in [5.74, 6) is 1.90. The van der Waals surface area contributed by atoms with Crippen molar-refractivity contribution in [2.75, 3.05) is 26.7 Å². The van der Waals surface area contributed by atoms with Crippen LogP contribution in [0.1, 0.15) is 37.7 Å². The van der Waals surface area contributed by atoms with E-state index in [-0.39, 0.29) is 0 Å². The van der Waals surface area contributed by atoms with Crippen LogP contribution in [0.3, 0.4) is 0 Å². The molecule has 2 fully saturated rings. The first kappa shape index (κ1) is 18.8. The van der Waals surface area contributed by atoms with E-state index in [0.29, 0.717) is 16.1 Å². The molecule has 1 heterocycles. The summed E-state index contributed by atoms with van der Waals surface area (Å²) in [6.07, 6.45) is 6.34. The van der Waals surface area contributed by atoms with Crippen LogP contribution in [-0.2, 0) is 6.54 Å². The minimum atomic E-state index is 0.497. The predicted octanol–water partition coefficient (Wildman–Crippen LogP) is 3.92. The Labute approximate surface area is 161 Å². The van der Waals surface area contributed by atoms with Crippen molar-refractivity contribution in [1.29, 1.82) is 0 Å². The second-order valence-electron chi connectivity index (χ2n) is 7.17. The van der Waals surface area contributed by atoms with Crippen LogP contribution in [0.5, 0.6) is 0 Å². The van der Waals surface area contributed by atoms with Gasteiger partial charge in [0.2, 0.25) is 0 Å². The summed E-state index contributed by atoms with van der Waals surface area (Å²) in [4.78, 5) is 6.83. The smallest absolute Gasteiger partial charge is 0.191 e. The van der Waals surface area contributed by atoms with Crippen LogP contribution in [0.2, 0.25) is 10.0 Å². The van der Waals surface area contributed by atoms with Crippen LogP contribution < -0.4 is 10.6 Å². The van der Waals surface area contributed by atoms with Gasteiger partial charge < -0.3 is 10.6 Å². The number of hydrogen-bond acceptors (Lipinski definition) is 2. The molecule has 1 aromatic carbocycles. The van der Waals surface area contributed by atoms with Gasteiger partial charge in [0, 0.05) is 39.3 Å². The fourth-order valence-corrected chi connectivity index (χ4v) is 3.64. The zero-order valence-electron chi connectivity index (χ0n) is 14.9. The first-order chi connectivity index (χ1) is 12.1. The van der Waals surface area contributed by atoms with Crippen LogP contribution in [-0.4, -0.2) is 43.6 Å². The molecule has 2 N–H and O–H groups in total. The van der Waals surface area contributed by atoms with E-state index in [9.17, 15) is 0 Å². The molecule has 4 nitrogen and oxygen atoms in total. The Hall–Kier alpha value is -0.970. The van der Waals surface area contributed by atoms with E-state index < -0.39 is 0 Å². The minimum Gasteiger partial charge on any atom is -0.356 e. The quantitative estimate of drug-likeness (QED) is 0.578. The minimum absolute atomic E-state index is 0.497. The van der Waals surface area contributed by atoms with E-state index in [1.807, 2.05) is 19.2 Å². The number of rotatable bonds is 6. The number of likely N-dealkylation sites (tertiary alicyclic amines) is 1. The summed E-state index contributed by atoms with van der Waals surface area (Å²) in [6, 6.07) is 6.41. The summed E-state index contributed by atoms with van der Waals surface area (Å²) < 4.78 is 0. The Morgan fingerprint density at radius 2 is 1.92 bits per heavy atom. The molecule has 1 aliphatic heterocycles. The number of guanidine groups is 1. The van der Waals surface area contributed by atoms with E-state index in [4.69, 9.17) is 23.2 Å². The van der Waals surface area contributed by atoms with E-state index in [1.54, 1.807) is 0 Å². The lowest BCUT2D eigenvalue weighted by Gasteiger charge is -2.33. The summed E-state index contributed by atoms with van der Waals surface area (Å²) in [5.41, 5.74) is 1.22. The van der Waals surface area contributed by atoms with Crippen molar-refractivity contribution >= 4 is 29.2 Å². The van der Waals surface area contributed by atoms with Gasteiger partial charge in [0.05, 0.1) is 10.0 Å². The molecule has 0 radical (unpaired) electrons. The first-order valence-corrected chi connectivity index (χ1v) is 10.0. The zero-order chi connectivity index (χ0) is 17.6. The summed E-state index contributed by atoms with van der Waals surface area (Å²) in [6.45, 7) is 4.12. The van der Waals surface area contributed by atoms with Crippen LogP contribution in [0.25, 0.3) is 0 Å². The Bertz CT molecular complexity index is 593. The molecule has 3 rings (SSSR count). The van der Waals surface area contributed by atoms with Crippen LogP contribution in [0.4, 0.5) is 0 Å². The van der Waals surface area contributed by atoms with Crippen molar-refractivity contribution in [3.63, 3.8) is 0 Å². The van der Waals surface area contributed by atoms with Gasteiger partial charge in [-0.3, -0.25) is 9.89 Å². The Kier molecular flexibility index (Phi) is 6.85. The fraction of sp³-hybridized carbons (Fsp3) is 0.632. The molecule has 1 saturated carbocycles. The van der Waals surface area contributed by atoms with Gasteiger partial charge in [-0.1, -0.05) is 42.1 Å². The SMILES string of the molecule is CN=C(NCCC1CC1)NC1CCN(Cc2ccc(Cl)c(Cl)c2)CC1. The van der Waals surface area contributed by atoms with Gasteiger partial charge in [-0.2, -0.15) is 0 Å². The molecular weight excluding hydrogens is 355 g/mol. The molecule has 25 heavy (non-hydrogen) atoms. The lowest BCUT2D eigenvalue weighted by molar-refractivity contribution is 0.198. The van der Waals surface area contributed by atoms with Gasteiger partial charge in [0.25, 0.3) is 0 Å². The van der Waals surface area contributed by atoms with Crippen molar-refractivity contribution in [3.05, 3.63) is 33.8 Å². The lowest BCUT2D eigenvalue weighted by Crippen LogP contribution is -2.48. The first-order valence-electron chi connectivity index (χ1n) is 9.27. The molecule has 138 valence electrons. The normalized spacial score (nSPS) is 19.9. The third kappa shape index (κ3) is 6.05. The predicted molar refractivity (Wildman–Crippen MR) is 107 cm³/mol. The number of nitrogens with zero attached hydrogens (tertiary/aromatic N) is 2. The van der Waals surface area contributed by atoms with Gasteiger partial charge >= 0.3 is 0 Å². The largest absolute Gasteiger partial charge is 0.356 e. The second-order valence-corrected chi connectivity index (χ2v) is 7.99. The van der Waals surface area contributed by atoms with Crippen molar-refractivity contribution < 1.29 is 0 Å². The molecule has 0 aromatic heterocycles. The Morgan fingerprint density at radius 3 is 2.56 bits per heavy atom.